The molecule has 0 amide bonds. The Balaban J connectivity index is 0.000000273. The van der Waals surface area contributed by atoms with Gasteiger partial charge in [-0.2, -0.15) is 0 Å². The Morgan fingerprint density at radius 1 is 0.487 bits per heavy atom. The molecule has 210 valence electrons. The van der Waals surface area contributed by atoms with Crippen LogP contribution in [0.4, 0.5) is 0 Å². The molecule has 0 saturated heterocycles. The number of aliphatic carboxylic acids is 1. The molecule has 3 rings (SSSR count). The minimum atomic E-state index is -1.98. The number of carboxylic acids is 1. The molecule has 0 fully saturated rings. The predicted octanol–water partition coefficient (Wildman–Crippen LogP) is 7.20. The van der Waals surface area contributed by atoms with Crippen molar-refractivity contribution in [3.05, 3.63) is 91.0 Å². The van der Waals surface area contributed by atoms with E-state index in [9.17, 15) is 9.90 Å². The van der Waals surface area contributed by atoms with Crippen LogP contribution in [0, 0.1) is 0 Å². The molecule has 0 saturated carbocycles. The number of rotatable bonds is 19. The number of carboxylic acid groups (broad SMARTS) is 1. The van der Waals surface area contributed by atoms with Gasteiger partial charge in [-0.25, -0.2) is 0 Å². The van der Waals surface area contributed by atoms with Gasteiger partial charge in [-0.15, -0.1) is 0 Å². The van der Waals surface area contributed by atoms with Crippen molar-refractivity contribution >= 4 is 36.5 Å². The normalized spacial score (nSPS) is 10.5. The average molecular weight is 634 g/mol. The molecule has 0 heterocycles. The van der Waals surface area contributed by atoms with Gasteiger partial charge in [0.25, 0.3) is 0 Å². The first-order valence-electron chi connectivity index (χ1n) is 15.5. The molecule has 0 aliphatic heterocycles. The standard InChI is InChI=1S/C18H36O2.3C6H5.Sn/c1-2-3-4-5-6-7-8-9-10-11-12-13-14-15-16-17-18(19)20;3*1-2-4-6-5-3-1;/h2-17H2,1H3,(H,19,20);3*1-5H;/q;;;;+1/p-1. The van der Waals surface area contributed by atoms with E-state index < -0.39 is 25.7 Å². The first kappa shape index (κ1) is 33.1. The van der Waals surface area contributed by atoms with Gasteiger partial charge in [-0.1, -0.05) is 96.8 Å². The summed E-state index contributed by atoms with van der Waals surface area (Å²) in [4.78, 5) is 10.2. The molecule has 0 spiro atoms. The Bertz CT molecular complexity index is 865. The Morgan fingerprint density at radius 3 is 1.05 bits per heavy atom. The molecule has 3 aromatic carbocycles. The first-order valence-corrected chi connectivity index (χ1v) is 19.7. The van der Waals surface area contributed by atoms with Crippen LogP contribution in [0.15, 0.2) is 91.0 Å². The van der Waals surface area contributed by atoms with Crippen molar-refractivity contribution < 1.29 is 9.90 Å². The molecule has 0 bridgehead atoms. The van der Waals surface area contributed by atoms with Gasteiger partial charge in [-0.3, -0.25) is 0 Å². The van der Waals surface area contributed by atoms with E-state index >= 15 is 0 Å². The molecule has 3 heteroatoms. The quantitative estimate of drug-likeness (QED) is 0.104. The third-order valence-electron chi connectivity index (χ3n) is 7.17. The fraction of sp³-hybridized carbons (Fsp3) is 0.472. The summed E-state index contributed by atoms with van der Waals surface area (Å²) < 4.78 is 4.59. The number of carbonyl (C=O) groups is 1. The van der Waals surface area contributed by atoms with Gasteiger partial charge >= 0.3 is 121 Å². The predicted molar refractivity (Wildman–Crippen MR) is 169 cm³/mol. The summed E-state index contributed by atoms with van der Waals surface area (Å²) in [5.74, 6) is -0.903. The molecule has 0 aromatic heterocycles. The van der Waals surface area contributed by atoms with Crippen LogP contribution in [-0.2, 0) is 4.79 Å². The number of unbranched alkanes of at least 4 members (excludes halogenated alkanes) is 14. The van der Waals surface area contributed by atoms with Crippen molar-refractivity contribution in [2.75, 3.05) is 0 Å². The summed E-state index contributed by atoms with van der Waals surface area (Å²) in [6.45, 7) is 2.27. The van der Waals surface area contributed by atoms with Gasteiger partial charge < -0.3 is 9.90 Å². The summed E-state index contributed by atoms with van der Waals surface area (Å²) in [6.07, 6.45) is 19.9. The van der Waals surface area contributed by atoms with Gasteiger partial charge in [0.05, 0.1) is 0 Å². The number of carbonyl (C=O) groups excluding carboxylic acids is 1. The number of benzene rings is 3. The monoisotopic (exact) mass is 634 g/mol. The van der Waals surface area contributed by atoms with E-state index in [-0.39, 0.29) is 6.42 Å². The zero-order valence-corrected chi connectivity index (χ0v) is 27.1. The fourth-order valence-corrected chi connectivity index (χ4v) is 12.3. The second-order valence-electron chi connectivity index (χ2n) is 10.5. The molecular formula is C36H50O2Sn. The van der Waals surface area contributed by atoms with Crippen molar-refractivity contribution in [3.8, 4) is 0 Å². The van der Waals surface area contributed by atoms with Crippen LogP contribution in [0.5, 0.6) is 0 Å². The summed E-state index contributed by atoms with van der Waals surface area (Å²) in [5, 5.41) is 10.2. The van der Waals surface area contributed by atoms with E-state index in [0.717, 1.165) is 12.8 Å². The van der Waals surface area contributed by atoms with Crippen LogP contribution in [0.1, 0.15) is 110 Å². The van der Waals surface area contributed by atoms with E-state index in [1.54, 1.807) is 0 Å². The first-order chi connectivity index (χ1) is 19.2. The van der Waals surface area contributed by atoms with Gasteiger partial charge in [0.2, 0.25) is 0 Å². The van der Waals surface area contributed by atoms with Gasteiger partial charge in [0, 0.05) is 5.97 Å². The Morgan fingerprint density at radius 2 is 0.769 bits per heavy atom. The van der Waals surface area contributed by atoms with Crippen LogP contribution in [-0.4, -0.2) is 25.7 Å². The molecular weight excluding hydrogens is 583 g/mol. The Kier molecular flexibility index (Phi) is 19.3. The van der Waals surface area contributed by atoms with E-state index in [1.165, 1.54) is 94.2 Å². The van der Waals surface area contributed by atoms with Crippen LogP contribution < -0.4 is 15.8 Å². The molecule has 0 aliphatic carbocycles. The third-order valence-corrected chi connectivity index (χ3v) is 15.0. The Labute approximate surface area is 246 Å². The van der Waals surface area contributed by atoms with Gasteiger partial charge in [0.15, 0.2) is 0 Å². The SMILES string of the molecule is CCCCCCCCCCCCCCCCCC(=O)[O-].c1cc[c]([Sn+]([c]2ccccc2)[c]2ccccc2)cc1. The molecule has 0 unspecified atom stereocenters. The average Bonchev–Trinajstić information content (AvgIpc) is 2.97. The zero-order chi connectivity index (χ0) is 27.8. The molecule has 39 heavy (non-hydrogen) atoms. The van der Waals surface area contributed by atoms with E-state index in [1.807, 2.05) is 0 Å². The molecule has 0 N–H and O–H groups in total. The summed E-state index contributed by atoms with van der Waals surface area (Å²) >= 11 is -1.98. The second kappa shape index (κ2) is 22.7. The summed E-state index contributed by atoms with van der Waals surface area (Å²) in [6, 6.07) is 32.9. The van der Waals surface area contributed by atoms with E-state index in [0.29, 0.717) is 0 Å². The van der Waals surface area contributed by atoms with Crippen molar-refractivity contribution in [2.45, 2.75) is 110 Å². The maximum atomic E-state index is 10.2. The summed E-state index contributed by atoms with van der Waals surface area (Å²) in [5.41, 5.74) is 0. The van der Waals surface area contributed by atoms with Crippen molar-refractivity contribution in [2.24, 2.45) is 0 Å². The van der Waals surface area contributed by atoms with Crippen LogP contribution in [0.25, 0.3) is 0 Å². The van der Waals surface area contributed by atoms with E-state index in [2.05, 4.69) is 97.9 Å². The molecule has 0 aliphatic rings. The second-order valence-corrected chi connectivity index (χ2v) is 17.6. The third kappa shape index (κ3) is 15.9. The van der Waals surface area contributed by atoms with Gasteiger partial charge in [-0.05, 0) is 12.8 Å². The molecule has 3 aromatic rings. The maximum absolute atomic E-state index is 10.2. The summed E-state index contributed by atoms with van der Waals surface area (Å²) in [7, 11) is 0. The van der Waals surface area contributed by atoms with Crippen LogP contribution in [0.3, 0.4) is 0 Å². The molecule has 0 radical (unpaired) electrons. The van der Waals surface area contributed by atoms with E-state index in [4.69, 9.17) is 0 Å². The van der Waals surface area contributed by atoms with Crippen LogP contribution >= 0.6 is 0 Å². The topological polar surface area (TPSA) is 40.1 Å². The zero-order valence-electron chi connectivity index (χ0n) is 24.3. The number of hydrogen-bond donors (Lipinski definition) is 0. The molecule has 0 atom stereocenters. The van der Waals surface area contributed by atoms with Crippen molar-refractivity contribution in [1.29, 1.82) is 0 Å². The van der Waals surface area contributed by atoms with Gasteiger partial charge in [0.1, 0.15) is 0 Å². The van der Waals surface area contributed by atoms with Crippen molar-refractivity contribution in [1.82, 2.24) is 0 Å². The fourth-order valence-electron chi connectivity index (χ4n) is 4.96. The Hall–Kier alpha value is -2.07. The van der Waals surface area contributed by atoms with Crippen LogP contribution in [0.2, 0.25) is 0 Å². The molecule has 2 nitrogen and oxygen atoms in total. The number of hydrogen-bond acceptors (Lipinski definition) is 2. The van der Waals surface area contributed by atoms with Crippen molar-refractivity contribution in [3.63, 3.8) is 0 Å². The minimum absolute atomic E-state index is 0.234.